The molecule has 2 amide bonds. The van der Waals surface area contributed by atoms with Gasteiger partial charge in [-0.2, -0.15) is 5.10 Å². The number of rotatable bonds is 7. The zero-order chi connectivity index (χ0) is 27.6. The second-order valence-electron chi connectivity index (χ2n) is 11.3. The van der Waals surface area contributed by atoms with Crippen molar-refractivity contribution < 1.29 is 14.7 Å². The van der Waals surface area contributed by atoms with E-state index in [0.29, 0.717) is 13.0 Å². The van der Waals surface area contributed by atoms with E-state index in [4.69, 9.17) is 0 Å². The average molecular weight is 519 g/mol. The van der Waals surface area contributed by atoms with Crippen LogP contribution in [-0.4, -0.2) is 44.0 Å². The second kappa shape index (κ2) is 10.8. The number of anilines is 2. The summed E-state index contributed by atoms with van der Waals surface area (Å²) in [5.41, 5.74) is 4.66. The van der Waals surface area contributed by atoms with Crippen LogP contribution in [0.1, 0.15) is 64.8 Å². The number of carboxylic acid groups (broad SMARTS) is 1. The van der Waals surface area contributed by atoms with Gasteiger partial charge in [0.2, 0.25) is 5.91 Å². The van der Waals surface area contributed by atoms with Crippen molar-refractivity contribution in [3.8, 4) is 11.1 Å². The lowest BCUT2D eigenvalue weighted by Gasteiger charge is -2.39. The molecule has 3 aromatic rings. The quantitative estimate of drug-likeness (QED) is 0.374. The number of fused-ring (bicyclic) bond motifs is 1. The highest BCUT2D eigenvalue weighted by Gasteiger charge is 2.33. The summed E-state index contributed by atoms with van der Waals surface area (Å²) in [5, 5.41) is 20.0. The zero-order valence-electron chi connectivity index (χ0n) is 23.0. The lowest BCUT2D eigenvalue weighted by atomic mass is 9.85. The first-order valence-electron chi connectivity index (χ1n) is 13.1. The van der Waals surface area contributed by atoms with E-state index < -0.39 is 6.09 Å². The van der Waals surface area contributed by atoms with Crippen LogP contribution in [0.3, 0.4) is 0 Å². The van der Waals surface area contributed by atoms with Gasteiger partial charge in [0, 0.05) is 48.7 Å². The molecular formula is C29H38N6O3. The first kappa shape index (κ1) is 27.2. The van der Waals surface area contributed by atoms with Crippen molar-refractivity contribution in [2.24, 2.45) is 5.41 Å². The van der Waals surface area contributed by atoms with Gasteiger partial charge in [0.1, 0.15) is 5.82 Å². The number of nitrogens with one attached hydrogen (secondary N) is 2. The third-order valence-corrected chi connectivity index (χ3v) is 7.19. The molecule has 0 aliphatic carbocycles. The summed E-state index contributed by atoms with van der Waals surface area (Å²) in [6.07, 6.45) is 4.19. The topological polar surface area (TPSA) is 112 Å². The molecule has 202 valence electrons. The van der Waals surface area contributed by atoms with Crippen molar-refractivity contribution in [1.82, 2.24) is 20.1 Å². The van der Waals surface area contributed by atoms with Crippen LogP contribution >= 0.6 is 0 Å². The second-order valence-corrected chi connectivity index (χ2v) is 11.3. The van der Waals surface area contributed by atoms with Gasteiger partial charge in [0.25, 0.3) is 0 Å². The van der Waals surface area contributed by atoms with Gasteiger partial charge >= 0.3 is 6.09 Å². The summed E-state index contributed by atoms with van der Waals surface area (Å²) in [6, 6.07) is 11.9. The predicted octanol–water partition coefficient (Wildman–Crippen LogP) is 5.62. The molecule has 0 radical (unpaired) electrons. The van der Waals surface area contributed by atoms with E-state index in [1.807, 2.05) is 80.0 Å². The van der Waals surface area contributed by atoms with Crippen molar-refractivity contribution in [2.45, 2.75) is 79.1 Å². The minimum absolute atomic E-state index is 0.00506. The molecule has 3 heterocycles. The maximum atomic E-state index is 12.5. The largest absolute Gasteiger partial charge is 0.465 e. The molecule has 9 heteroatoms. The molecule has 1 aliphatic heterocycles. The summed E-state index contributed by atoms with van der Waals surface area (Å²) < 4.78 is 1.85. The molecule has 0 bridgehead atoms. The van der Waals surface area contributed by atoms with Gasteiger partial charge in [0.15, 0.2) is 0 Å². The van der Waals surface area contributed by atoms with Gasteiger partial charge in [-0.3, -0.25) is 9.48 Å². The zero-order valence-corrected chi connectivity index (χ0v) is 23.0. The number of aryl methyl sites for hydroxylation is 2. The number of hydrogen-bond donors (Lipinski definition) is 3. The van der Waals surface area contributed by atoms with E-state index in [-0.39, 0.29) is 29.4 Å². The lowest BCUT2D eigenvalue weighted by molar-refractivity contribution is -0.117. The molecule has 4 rings (SSSR count). The highest BCUT2D eigenvalue weighted by molar-refractivity contribution is 5.94. The molecule has 9 nitrogen and oxygen atoms in total. The molecule has 1 aliphatic rings. The number of hydrogen-bond acceptors (Lipinski definition) is 5. The van der Waals surface area contributed by atoms with Crippen LogP contribution in [0.4, 0.5) is 16.3 Å². The maximum Gasteiger partial charge on any atom is 0.404 e. The van der Waals surface area contributed by atoms with Crippen LogP contribution in [0.15, 0.2) is 48.8 Å². The van der Waals surface area contributed by atoms with E-state index in [9.17, 15) is 14.7 Å². The Bertz CT molecular complexity index is 1310. The van der Waals surface area contributed by atoms with E-state index >= 15 is 0 Å². The predicted molar refractivity (Wildman–Crippen MR) is 149 cm³/mol. The summed E-state index contributed by atoms with van der Waals surface area (Å²) in [6.45, 7) is 12.3. The SMILES string of the molecule is CC(=O)N1c2ccc(-c3cnn(CCC(NC(=O)O)C(C)(C)C)c3)cc2[C@H](Nc2cccc(C)n2)C[C@@H]1C. The van der Waals surface area contributed by atoms with E-state index in [2.05, 4.69) is 33.7 Å². The van der Waals surface area contributed by atoms with Crippen LogP contribution in [0.2, 0.25) is 0 Å². The molecule has 0 fully saturated rings. The average Bonchev–Trinajstić information content (AvgIpc) is 3.29. The molecule has 3 atom stereocenters. The molecule has 0 spiro atoms. The van der Waals surface area contributed by atoms with E-state index in [1.165, 1.54) is 0 Å². The molecule has 0 saturated carbocycles. The van der Waals surface area contributed by atoms with Crippen LogP contribution < -0.4 is 15.5 Å². The summed E-state index contributed by atoms with van der Waals surface area (Å²) in [7, 11) is 0. The van der Waals surface area contributed by atoms with Gasteiger partial charge in [-0.1, -0.05) is 32.9 Å². The minimum Gasteiger partial charge on any atom is -0.465 e. The van der Waals surface area contributed by atoms with Crippen LogP contribution in [0, 0.1) is 12.3 Å². The standard InChI is InChI=1S/C29H38N6O3/c1-18-8-7-9-27(31-18)32-24-14-19(2)35(20(3)36)25-11-10-21(15-23(24)25)22-16-30-34(17-22)13-12-26(29(4,5)6)33-28(37)38/h7-11,15-17,19,24,26,33H,12-14H2,1-6H3,(H,31,32)(H,37,38)/t19-,24+,26?/m0/s1. The Morgan fingerprint density at radius 1 is 1.18 bits per heavy atom. The van der Waals surface area contributed by atoms with Crippen LogP contribution in [-0.2, 0) is 11.3 Å². The molecule has 1 unspecified atom stereocenters. The van der Waals surface area contributed by atoms with Gasteiger partial charge in [-0.15, -0.1) is 0 Å². The van der Waals surface area contributed by atoms with E-state index in [0.717, 1.165) is 40.3 Å². The maximum absolute atomic E-state index is 12.5. The number of carbonyl (C=O) groups excluding carboxylic acids is 1. The fraction of sp³-hybridized carbons (Fsp3) is 0.448. The minimum atomic E-state index is -1.02. The highest BCUT2D eigenvalue weighted by atomic mass is 16.4. The number of aromatic nitrogens is 3. The molecule has 2 aromatic heterocycles. The molecule has 1 aromatic carbocycles. The monoisotopic (exact) mass is 518 g/mol. The summed E-state index contributed by atoms with van der Waals surface area (Å²) in [5.74, 6) is 0.834. The first-order chi connectivity index (χ1) is 17.9. The van der Waals surface area contributed by atoms with Crippen LogP contribution in [0.5, 0.6) is 0 Å². The summed E-state index contributed by atoms with van der Waals surface area (Å²) >= 11 is 0. The molecule has 3 N–H and O–H groups in total. The number of amides is 2. The van der Waals surface area contributed by atoms with Crippen molar-refractivity contribution >= 4 is 23.5 Å². The van der Waals surface area contributed by atoms with Gasteiger partial charge in [-0.05, 0) is 67.5 Å². The van der Waals surface area contributed by atoms with E-state index in [1.54, 1.807) is 6.92 Å². The Hall–Kier alpha value is -3.88. The molecular weight excluding hydrogens is 480 g/mol. The Balaban J connectivity index is 1.61. The van der Waals surface area contributed by atoms with Gasteiger partial charge in [0.05, 0.1) is 12.2 Å². The Morgan fingerprint density at radius 2 is 1.95 bits per heavy atom. The number of nitrogens with zero attached hydrogens (tertiary/aromatic N) is 4. The lowest BCUT2D eigenvalue weighted by Crippen LogP contribution is -2.43. The Morgan fingerprint density at radius 3 is 2.61 bits per heavy atom. The smallest absolute Gasteiger partial charge is 0.404 e. The van der Waals surface area contributed by atoms with Crippen LogP contribution in [0.25, 0.3) is 11.1 Å². The number of pyridine rings is 1. The fourth-order valence-corrected chi connectivity index (χ4v) is 5.23. The third kappa shape index (κ3) is 6.15. The first-order valence-corrected chi connectivity index (χ1v) is 13.1. The normalized spacial score (nSPS) is 18.0. The highest BCUT2D eigenvalue weighted by Crippen LogP contribution is 2.41. The number of carbonyl (C=O) groups is 2. The summed E-state index contributed by atoms with van der Waals surface area (Å²) in [4.78, 5) is 30.3. The van der Waals surface area contributed by atoms with Gasteiger partial charge in [-0.25, -0.2) is 9.78 Å². The van der Waals surface area contributed by atoms with Crippen molar-refractivity contribution in [3.63, 3.8) is 0 Å². The molecule has 38 heavy (non-hydrogen) atoms. The van der Waals surface area contributed by atoms with Crippen molar-refractivity contribution in [2.75, 3.05) is 10.2 Å². The van der Waals surface area contributed by atoms with Gasteiger partial charge < -0.3 is 20.6 Å². The fourth-order valence-electron chi connectivity index (χ4n) is 5.23. The van der Waals surface area contributed by atoms with Crippen molar-refractivity contribution in [1.29, 1.82) is 0 Å². The third-order valence-electron chi connectivity index (χ3n) is 7.19. The Labute approximate surface area is 224 Å². The van der Waals surface area contributed by atoms with Crippen molar-refractivity contribution in [3.05, 3.63) is 60.0 Å². The number of benzene rings is 1. The Kier molecular flexibility index (Phi) is 7.76. The molecule has 0 saturated heterocycles.